The number of nitrogens with two attached hydrogens (primary N) is 1. The molecule has 0 radical (unpaired) electrons. The minimum absolute atomic E-state index is 0.0452. The zero-order valence-corrected chi connectivity index (χ0v) is 18.0. The minimum Gasteiger partial charge on any atom is -0.462 e. The van der Waals surface area contributed by atoms with E-state index in [1.807, 2.05) is 34.9 Å². The summed E-state index contributed by atoms with van der Waals surface area (Å²) in [4.78, 5) is 25.8. The van der Waals surface area contributed by atoms with E-state index in [2.05, 4.69) is 0 Å². The Kier molecular flexibility index (Phi) is 4.98. The molecule has 32 heavy (non-hydrogen) atoms. The number of halogens is 1. The van der Waals surface area contributed by atoms with Crippen molar-refractivity contribution < 1.29 is 13.9 Å². The van der Waals surface area contributed by atoms with Gasteiger partial charge in [-0.2, -0.15) is 0 Å². The number of thioether (sulfide) groups is 1. The van der Waals surface area contributed by atoms with Gasteiger partial charge in [0.15, 0.2) is 0 Å². The Bertz CT molecular complexity index is 1420. The normalized spacial score (nSPS) is 14.6. The summed E-state index contributed by atoms with van der Waals surface area (Å²) in [6.07, 6.45) is 0. The minimum atomic E-state index is -0.690. The van der Waals surface area contributed by atoms with Gasteiger partial charge in [-0.1, -0.05) is 54.2 Å². The van der Waals surface area contributed by atoms with Crippen LogP contribution in [0.25, 0.3) is 22.0 Å². The van der Waals surface area contributed by atoms with Gasteiger partial charge in [-0.15, -0.1) is 0 Å². The molecule has 1 atom stereocenters. The van der Waals surface area contributed by atoms with Gasteiger partial charge in [-0.05, 0) is 42.3 Å². The van der Waals surface area contributed by atoms with Crippen molar-refractivity contribution >= 4 is 34.3 Å². The van der Waals surface area contributed by atoms with Gasteiger partial charge in [0.1, 0.15) is 16.8 Å². The second kappa shape index (κ2) is 7.84. The number of carbonyl (C=O) groups excluding carboxylic acids is 1. The highest BCUT2D eigenvalue weighted by Gasteiger charge is 2.36. The van der Waals surface area contributed by atoms with E-state index in [-0.39, 0.29) is 22.9 Å². The molecule has 0 fully saturated rings. The Labute approximate surface area is 187 Å². The molecule has 1 unspecified atom stereocenters. The Morgan fingerprint density at radius 1 is 1.12 bits per heavy atom. The van der Waals surface area contributed by atoms with Crippen LogP contribution in [-0.2, 0) is 4.74 Å². The number of benzene rings is 3. The van der Waals surface area contributed by atoms with Crippen molar-refractivity contribution in [2.24, 2.45) is 0 Å². The summed E-state index contributed by atoms with van der Waals surface area (Å²) in [7, 11) is 0. The molecule has 1 aliphatic rings. The highest BCUT2D eigenvalue weighted by molar-refractivity contribution is 8.00. The predicted octanol–water partition coefficient (Wildman–Crippen LogP) is 5.22. The molecule has 5 rings (SSSR count). The maximum absolute atomic E-state index is 15.1. The van der Waals surface area contributed by atoms with Crippen molar-refractivity contribution in [3.8, 4) is 11.1 Å². The molecule has 1 aromatic heterocycles. The van der Waals surface area contributed by atoms with Crippen molar-refractivity contribution in [2.45, 2.75) is 17.3 Å². The van der Waals surface area contributed by atoms with Crippen LogP contribution in [0, 0.1) is 5.82 Å². The number of hydrogen-bond acceptors (Lipinski definition) is 5. The molecule has 0 saturated heterocycles. The van der Waals surface area contributed by atoms with Gasteiger partial charge in [0, 0.05) is 16.6 Å². The molecule has 2 N–H and O–H groups in total. The Balaban J connectivity index is 1.80. The highest BCUT2D eigenvalue weighted by Crippen LogP contribution is 2.50. The Morgan fingerprint density at radius 3 is 2.53 bits per heavy atom. The van der Waals surface area contributed by atoms with Crippen LogP contribution in [-0.4, -0.2) is 17.1 Å². The van der Waals surface area contributed by atoms with E-state index in [0.717, 1.165) is 5.56 Å². The number of esters is 1. The third-order valence-electron chi connectivity index (χ3n) is 5.49. The lowest BCUT2D eigenvalue weighted by molar-refractivity contribution is 0.0518. The molecular weight excluding hydrogens is 427 g/mol. The molecular formula is C25H19FN2O3S. The van der Waals surface area contributed by atoms with Crippen LogP contribution in [0.1, 0.15) is 28.2 Å². The van der Waals surface area contributed by atoms with Gasteiger partial charge in [-0.25, -0.2) is 9.18 Å². The lowest BCUT2D eigenvalue weighted by Crippen LogP contribution is -2.30. The van der Waals surface area contributed by atoms with Crippen molar-refractivity contribution in [3.05, 3.63) is 93.9 Å². The number of aromatic nitrogens is 1. The summed E-state index contributed by atoms with van der Waals surface area (Å²) < 4.78 is 22.2. The number of fused-ring (bicyclic) bond motifs is 3. The van der Waals surface area contributed by atoms with Crippen LogP contribution >= 0.6 is 11.8 Å². The van der Waals surface area contributed by atoms with Gasteiger partial charge in [-0.3, -0.25) is 4.79 Å². The molecule has 2 heterocycles. The molecule has 0 amide bonds. The molecule has 0 saturated carbocycles. The first kappa shape index (κ1) is 20.3. The van der Waals surface area contributed by atoms with Crippen molar-refractivity contribution in [3.63, 3.8) is 0 Å². The van der Waals surface area contributed by atoms with Crippen molar-refractivity contribution in [1.29, 1.82) is 0 Å². The van der Waals surface area contributed by atoms with E-state index in [1.54, 1.807) is 37.3 Å². The summed E-state index contributed by atoms with van der Waals surface area (Å²) in [6.45, 7) is 1.83. The first-order chi connectivity index (χ1) is 15.5. The SMILES string of the molecule is CCOC(=O)c1c2n(c3cc(-c4ccc(N)cc4)c(F)cc3c1=O)C(c1ccccc1)S2. The van der Waals surface area contributed by atoms with E-state index in [1.165, 1.54) is 17.8 Å². The monoisotopic (exact) mass is 446 g/mol. The number of anilines is 1. The second-order valence-corrected chi connectivity index (χ2v) is 8.52. The molecule has 0 bridgehead atoms. The molecule has 0 aliphatic carbocycles. The zero-order valence-electron chi connectivity index (χ0n) is 17.2. The van der Waals surface area contributed by atoms with Crippen LogP contribution in [0.2, 0.25) is 0 Å². The van der Waals surface area contributed by atoms with Crippen LogP contribution in [0.4, 0.5) is 10.1 Å². The number of nitrogen functional groups attached to an aromatic ring is 1. The fourth-order valence-corrected chi connectivity index (χ4v) is 5.24. The quantitative estimate of drug-likeness (QED) is 0.344. The fraction of sp³-hybridized carbons (Fsp3) is 0.120. The topological polar surface area (TPSA) is 74.3 Å². The average Bonchev–Trinajstić information content (AvgIpc) is 2.77. The average molecular weight is 447 g/mol. The smallest absolute Gasteiger partial charge is 0.344 e. The number of hydrogen-bond donors (Lipinski definition) is 1. The van der Waals surface area contributed by atoms with Crippen molar-refractivity contribution in [1.82, 2.24) is 4.57 Å². The van der Waals surface area contributed by atoms with E-state index < -0.39 is 17.2 Å². The maximum atomic E-state index is 15.1. The first-order valence-electron chi connectivity index (χ1n) is 10.2. The summed E-state index contributed by atoms with van der Waals surface area (Å²) in [5.41, 5.74) is 8.38. The molecule has 0 spiro atoms. The molecule has 7 heteroatoms. The zero-order chi connectivity index (χ0) is 22.4. The van der Waals surface area contributed by atoms with Gasteiger partial charge >= 0.3 is 5.97 Å². The summed E-state index contributed by atoms with van der Waals surface area (Å²) in [5, 5.41) is 0.534. The third kappa shape index (κ3) is 3.17. The molecule has 4 aromatic rings. The molecule has 1 aliphatic heterocycles. The number of nitrogens with zero attached hydrogens (tertiary/aromatic N) is 1. The molecule has 160 valence electrons. The second-order valence-electron chi connectivity index (χ2n) is 7.45. The summed E-state index contributed by atoms with van der Waals surface area (Å²) in [6, 6.07) is 19.5. The van der Waals surface area contributed by atoms with E-state index in [0.29, 0.717) is 27.4 Å². The lowest BCUT2D eigenvalue weighted by Gasteiger charge is -2.35. The first-order valence-corrected chi connectivity index (χ1v) is 11.0. The fourth-order valence-electron chi connectivity index (χ4n) is 3.96. The van der Waals surface area contributed by atoms with Crippen LogP contribution in [0.15, 0.2) is 76.6 Å². The number of carbonyl (C=O) groups is 1. The molecule has 5 nitrogen and oxygen atoms in total. The summed E-state index contributed by atoms with van der Waals surface area (Å²) in [5.74, 6) is -1.23. The standard InChI is InChI=1S/C25H19FN2O3S/c1-2-31-25(30)21-22(29)18-12-19(26)17(14-8-10-16(27)11-9-14)13-20(18)28-23(32-24(21)28)15-6-4-3-5-7-15/h3-13,23H,2,27H2,1H3. The Morgan fingerprint density at radius 2 is 1.84 bits per heavy atom. The van der Waals surface area contributed by atoms with Gasteiger partial charge in [0.2, 0.25) is 5.43 Å². The maximum Gasteiger partial charge on any atom is 0.344 e. The van der Waals surface area contributed by atoms with Crippen LogP contribution in [0.5, 0.6) is 0 Å². The van der Waals surface area contributed by atoms with Gasteiger partial charge < -0.3 is 15.0 Å². The van der Waals surface area contributed by atoms with Gasteiger partial charge in [0.25, 0.3) is 0 Å². The van der Waals surface area contributed by atoms with E-state index in [9.17, 15) is 9.59 Å². The van der Waals surface area contributed by atoms with E-state index >= 15 is 4.39 Å². The van der Waals surface area contributed by atoms with Gasteiger partial charge in [0.05, 0.1) is 17.1 Å². The number of ether oxygens (including phenoxy) is 1. The van der Waals surface area contributed by atoms with E-state index in [4.69, 9.17) is 10.5 Å². The predicted molar refractivity (Wildman–Crippen MR) is 124 cm³/mol. The number of pyridine rings is 1. The highest BCUT2D eigenvalue weighted by atomic mass is 32.2. The van der Waals surface area contributed by atoms with Crippen LogP contribution in [0.3, 0.4) is 0 Å². The summed E-state index contributed by atoms with van der Waals surface area (Å²) >= 11 is 1.42. The van der Waals surface area contributed by atoms with Crippen LogP contribution < -0.4 is 11.2 Å². The molecule has 3 aromatic carbocycles. The lowest BCUT2D eigenvalue weighted by atomic mass is 10.0. The van der Waals surface area contributed by atoms with Crippen molar-refractivity contribution in [2.75, 3.05) is 12.3 Å². The number of rotatable bonds is 4. The largest absolute Gasteiger partial charge is 0.462 e. The Hall–Kier alpha value is -3.58. The third-order valence-corrected chi connectivity index (χ3v) is 6.82.